The Morgan fingerprint density at radius 2 is 1.52 bits per heavy atom. The molecule has 0 unspecified atom stereocenters. The summed E-state index contributed by atoms with van der Waals surface area (Å²) >= 11 is 0. The van der Waals surface area contributed by atoms with E-state index in [0.717, 1.165) is 23.9 Å². The molecule has 25 heavy (non-hydrogen) atoms. The molecule has 134 valence electrons. The molecular weight excluding hydrogens is 342 g/mol. The number of nitrogens with zero attached hydrogens (tertiary/aromatic N) is 1. The van der Waals surface area contributed by atoms with Crippen molar-refractivity contribution in [2.75, 3.05) is 32.2 Å². The molecule has 0 radical (unpaired) electrons. The zero-order chi connectivity index (χ0) is 18.3. The Labute approximate surface area is 148 Å². The second-order valence-electron chi connectivity index (χ2n) is 5.30. The molecule has 0 aromatic heterocycles. The SMILES string of the molecule is COS(=O)(=O)Oc1ccc(/C=C/c2ccc(N(C)CCO)cc2)cc1. The lowest BCUT2D eigenvalue weighted by atomic mass is 10.1. The van der Waals surface area contributed by atoms with Crippen LogP contribution in [-0.4, -0.2) is 40.8 Å². The van der Waals surface area contributed by atoms with E-state index in [4.69, 9.17) is 9.29 Å². The van der Waals surface area contributed by atoms with E-state index < -0.39 is 10.4 Å². The largest absolute Gasteiger partial charge is 0.448 e. The fourth-order valence-electron chi connectivity index (χ4n) is 2.10. The number of likely N-dealkylation sites (N-methyl/N-ethyl adjacent to an activating group) is 1. The van der Waals surface area contributed by atoms with Gasteiger partial charge < -0.3 is 14.2 Å². The van der Waals surface area contributed by atoms with Crippen LogP contribution in [0.25, 0.3) is 12.2 Å². The van der Waals surface area contributed by atoms with Gasteiger partial charge in [-0.05, 0) is 35.4 Å². The van der Waals surface area contributed by atoms with E-state index in [0.29, 0.717) is 6.54 Å². The van der Waals surface area contributed by atoms with Gasteiger partial charge in [0, 0.05) is 19.3 Å². The van der Waals surface area contributed by atoms with Crippen LogP contribution in [0.3, 0.4) is 0 Å². The van der Waals surface area contributed by atoms with Crippen LogP contribution in [0, 0.1) is 0 Å². The Morgan fingerprint density at radius 3 is 2.00 bits per heavy atom. The van der Waals surface area contributed by atoms with Gasteiger partial charge in [0.1, 0.15) is 5.75 Å². The first-order chi connectivity index (χ1) is 11.9. The third-order valence-electron chi connectivity index (χ3n) is 3.52. The first kappa shape index (κ1) is 19.0. The number of hydrogen-bond acceptors (Lipinski definition) is 6. The summed E-state index contributed by atoms with van der Waals surface area (Å²) < 4.78 is 31.4. The summed E-state index contributed by atoms with van der Waals surface area (Å²) in [6.07, 6.45) is 3.87. The molecule has 2 rings (SSSR count). The molecule has 0 aliphatic heterocycles. The van der Waals surface area contributed by atoms with E-state index in [1.165, 1.54) is 0 Å². The van der Waals surface area contributed by atoms with Crippen LogP contribution in [0.15, 0.2) is 48.5 Å². The average molecular weight is 363 g/mol. The molecule has 0 fully saturated rings. The van der Waals surface area contributed by atoms with Crippen molar-refractivity contribution in [2.24, 2.45) is 0 Å². The number of anilines is 1. The average Bonchev–Trinajstić information content (AvgIpc) is 2.61. The van der Waals surface area contributed by atoms with E-state index in [9.17, 15) is 8.42 Å². The molecule has 0 amide bonds. The summed E-state index contributed by atoms with van der Waals surface area (Å²) in [4.78, 5) is 1.97. The maximum Gasteiger partial charge on any atom is 0.448 e. The normalized spacial score (nSPS) is 11.6. The minimum absolute atomic E-state index is 0.115. The van der Waals surface area contributed by atoms with Crippen molar-refractivity contribution in [2.45, 2.75) is 0 Å². The van der Waals surface area contributed by atoms with Crippen molar-refractivity contribution in [1.82, 2.24) is 0 Å². The maximum absolute atomic E-state index is 11.2. The van der Waals surface area contributed by atoms with E-state index >= 15 is 0 Å². The minimum atomic E-state index is -3.99. The fourth-order valence-corrected chi connectivity index (χ4v) is 2.51. The van der Waals surface area contributed by atoms with Gasteiger partial charge in [0.05, 0.1) is 13.7 Å². The molecule has 2 aromatic carbocycles. The number of hydrogen-bond donors (Lipinski definition) is 1. The van der Waals surface area contributed by atoms with Crippen LogP contribution in [0.2, 0.25) is 0 Å². The van der Waals surface area contributed by atoms with Crippen molar-refractivity contribution in [3.8, 4) is 5.75 Å². The van der Waals surface area contributed by atoms with Gasteiger partial charge in [-0.3, -0.25) is 0 Å². The smallest absolute Gasteiger partial charge is 0.395 e. The van der Waals surface area contributed by atoms with Crippen LogP contribution in [0.4, 0.5) is 5.69 Å². The molecule has 0 heterocycles. The summed E-state index contributed by atoms with van der Waals surface area (Å²) in [5, 5.41) is 8.96. The third-order valence-corrected chi connectivity index (χ3v) is 4.32. The van der Waals surface area contributed by atoms with Gasteiger partial charge in [0.2, 0.25) is 0 Å². The fraction of sp³-hybridized carbons (Fsp3) is 0.222. The molecule has 0 aliphatic carbocycles. The zero-order valence-corrected chi connectivity index (χ0v) is 14.9. The van der Waals surface area contributed by atoms with E-state index in [2.05, 4.69) is 4.18 Å². The van der Waals surface area contributed by atoms with Gasteiger partial charge in [0.15, 0.2) is 0 Å². The van der Waals surface area contributed by atoms with Gasteiger partial charge in [-0.15, -0.1) is 0 Å². The molecular formula is C18H21NO5S. The summed E-state index contributed by atoms with van der Waals surface area (Å²) in [6, 6.07) is 14.6. The minimum Gasteiger partial charge on any atom is -0.395 e. The summed E-state index contributed by atoms with van der Waals surface area (Å²) in [7, 11) is -1.03. The van der Waals surface area contributed by atoms with E-state index in [1.54, 1.807) is 24.3 Å². The first-order valence-corrected chi connectivity index (χ1v) is 8.97. The van der Waals surface area contributed by atoms with Crippen molar-refractivity contribution in [3.05, 3.63) is 59.7 Å². The highest BCUT2D eigenvalue weighted by Crippen LogP contribution is 2.18. The van der Waals surface area contributed by atoms with Crippen LogP contribution in [0.1, 0.15) is 11.1 Å². The van der Waals surface area contributed by atoms with Crippen LogP contribution in [0.5, 0.6) is 5.75 Å². The molecule has 0 saturated heterocycles. The molecule has 0 bridgehead atoms. The zero-order valence-electron chi connectivity index (χ0n) is 14.1. The van der Waals surface area contributed by atoms with Crippen molar-refractivity contribution < 1.29 is 21.9 Å². The highest BCUT2D eigenvalue weighted by atomic mass is 32.3. The second kappa shape index (κ2) is 8.66. The highest BCUT2D eigenvalue weighted by molar-refractivity contribution is 7.82. The topological polar surface area (TPSA) is 76.1 Å². The third kappa shape index (κ3) is 5.90. The number of aliphatic hydroxyl groups is 1. The number of benzene rings is 2. The second-order valence-corrected chi connectivity index (χ2v) is 6.61. The lowest BCUT2D eigenvalue weighted by molar-refractivity contribution is 0.304. The Balaban J connectivity index is 2.02. The number of rotatable bonds is 8. The van der Waals surface area contributed by atoms with Crippen molar-refractivity contribution in [3.63, 3.8) is 0 Å². The Bertz CT molecular complexity index is 798. The van der Waals surface area contributed by atoms with Crippen LogP contribution in [-0.2, 0) is 14.6 Å². The molecule has 6 nitrogen and oxygen atoms in total. The van der Waals surface area contributed by atoms with Gasteiger partial charge in [-0.1, -0.05) is 36.4 Å². The van der Waals surface area contributed by atoms with Gasteiger partial charge >= 0.3 is 10.4 Å². The van der Waals surface area contributed by atoms with Crippen molar-refractivity contribution in [1.29, 1.82) is 0 Å². The summed E-state index contributed by atoms with van der Waals surface area (Å²) in [5.41, 5.74) is 2.97. The predicted molar refractivity (Wildman–Crippen MR) is 98.7 cm³/mol. The molecule has 1 N–H and O–H groups in total. The maximum atomic E-state index is 11.2. The van der Waals surface area contributed by atoms with Gasteiger partial charge in [-0.25, -0.2) is 4.18 Å². The van der Waals surface area contributed by atoms with E-state index in [1.807, 2.05) is 48.4 Å². The predicted octanol–water partition coefficient (Wildman–Crippen LogP) is 2.56. The Morgan fingerprint density at radius 1 is 1.00 bits per heavy atom. The highest BCUT2D eigenvalue weighted by Gasteiger charge is 2.10. The summed E-state index contributed by atoms with van der Waals surface area (Å²) in [6.45, 7) is 0.700. The van der Waals surface area contributed by atoms with Crippen LogP contribution >= 0.6 is 0 Å². The Kier molecular flexibility index (Phi) is 6.58. The first-order valence-electron chi connectivity index (χ1n) is 7.64. The Hall–Kier alpha value is -2.35. The molecule has 0 spiro atoms. The molecule has 2 aromatic rings. The molecule has 0 atom stereocenters. The molecule has 0 aliphatic rings. The van der Waals surface area contributed by atoms with Crippen molar-refractivity contribution >= 4 is 28.2 Å². The lowest BCUT2D eigenvalue weighted by Crippen LogP contribution is -2.20. The van der Waals surface area contributed by atoms with E-state index in [-0.39, 0.29) is 12.4 Å². The summed E-state index contributed by atoms with van der Waals surface area (Å²) in [5.74, 6) is 0.190. The van der Waals surface area contributed by atoms with Crippen LogP contribution < -0.4 is 9.08 Å². The monoisotopic (exact) mass is 363 g/mol. The lowest BCUT2D eigenvalue weighted by Gasteiger charge is -2.17. The molecule has 7 heteroatoms. The standard InChI is InChI=1S/C18H21NO5S/c1-19(13-14-20)17-9-5-15(6-10-17)3-4-16-7-11-18(12-8-16)24-25(21,22)23-2/h3-12,20H,13-14H2,1-2H3/b4-3+. The quantitative estimate of drug-likeness (QED) is 0.727. The van der Waals surface area contributed by atoms with Gasteiger partial charge in [-0.2, -0.15) is 8.42 Å². The molecule has 0 saturated carbocycles. The number of aliphatic hydroxyl groups excluding tert-OH is 1. The van der Waals surface area contributed by atoms with Gasteiger partial charge in [0.25, 0.3) is 0 Å².